The van der Waals surface area contributed by atoms with Crippen LogP contribution in [0.1, 0.15) is 38.7 Å². The molecule has 8 nitrogen and oxygen atoms in total. The zero-order valence-electron chi connectivity index (χ0n) is 14.8. The molecule has 1 aromatic heterocycles. The Morgan fingerprint density at radius 1 is 1.28 bits per heavy atom. The van der Waals surface area contributed by atoms with Crippen molar-refractivity contribution in [1.82, 2.24) is 25.5 Å². The number of hydrogen-bond donors (Lipinski definition) is 3. The summed E-state index contributed by atoms with van der Waals surface area (Å²) in [6, 6.07) is -0.385. The highest BCUT2D eigenvalue weighted by Crippen LogP contribution is 2.31. The van der Waals surface area contributed by atoms with Crippen molar-refractivity contribution < 1.29 is 9.59 Å². The van der Waals surface area contributed by atoms with Crippen molar-refractivity contribution >= 4 is 17.9 Å². The van der Waals surface area contributed by atoms with Crippen LogP contribution in [0.4, 0.5) is 10.7 Å². The number of urea groups is 1. The average molecular weight is 346 g/mol. The largest absolute Gasteiger partial charge is 0.354 e. The lowest BCUT2D eigenvalue weighted by molar-refractivity contribution is -0.125. The van der Waals surface area contributed by atoms with Gasteiger partial charge in [-0.1, -0.05) is 6.92 Å². The molecular formula is C17H26N6O2. The van der Waals surface area contributed by atoms with Crippen molar-refractivity contribution in [3.63, 3.8) is 0 Å². The average Bonchev–Trinajstić information content (AvgIpc) is 2.88. The monoisotopic (exact) mass is 346 g/mol. The molecule has 2 aliphatic rings. The zero-order valence-corrected chi connectivity index (χ0v) is 14.8. The summed E-state index contributed by atoms with van der Waals surface area (Å²) in [6.07, 6.45) is 6.52. The maximum Gasteiger partial charge on any atom is 0.322 e. The Morgan fingerprint density at radius 3 is 2.52 bits per heavy atom. The molecule has 3 N–H and O–H groups in total. The molecule has 3 rings (SSSR count). The summed E-state index contributed by atoms with van der Waals surface area (Å²) in [5, 5.41) is 8.31. The molecule has 0 radical (unpaired) electrons. The second-order valence-corrected chi connectivity index (χ2v) is 7.00. The Morgan fingerprint density at radius 2 is 1.96 bits per heavy atom. The van der Waals surface area contributed by atoms with Gasteiger partial charge in [0, 0.05) is 31.0 Å². The van der Waals surface area contributed by atoms with Crippen LogP contribution in [0.3, 0.4) is 0 Å². The van der Waals surface area contributed by atoms with Crippen LogP contribution in [0.15, 0.2) is 12.4 Å². The lowest BCUT2D eigenvalue weighted by Crippen LogP contribution is -2.53. The quantitative estimate of drug-likeness (QED) is 0.667. The van der Waals surface area contributed by atoms with Crippen LogP contribution in [0, 0.1) is 5.92 Å². The number of nitrogens with zero attached hydrogens (tertiary/aromatic N) is 3. The van der Waals surface area contributed by atoms with Gasteiger partial charge >= 0.3 is 6.03 Å². The zero-order chi connectivity index (χ0) is 17.9. The summed E-state index contributed by atoms with van der Waals surface area (Å²) < 4.78 is 0. The van der Waals surface area contributed by atoms with Gasteiger partial charge < -0.3 is 10.6 Å². The third-order valence-electron chi connectivity index (χ3n) is 5.12. The lowest BCUT2D eigenvalue weighted by atomic mass is 9.79. The van der Waals surface area contributed by atoms with E-state index in [9.17, 15) is 9.59 Å². The van der Waals surface area contributed by atoms with E-state index in [-0.39, 0.29) is 17.9 Å². The molecule has 1 atom stereocenters. The van der Waals surface area contributed by atoms with E-state index in [1.807, 2.05) is 19.3 Å². The highest BCUT2D eigenvalue weighted by Gasteiger charge is 2.48. The Kier molecular flexibility index (Phi) is 5.17. The third kappa shape index (κ3) is 3.89. The highest BCUT2D eigenvalue weighted by atomic mass is 16.2. The van der Waals surface area contributed by atoms with Gasteiger partial charge in [0.15, 0.2) is 0 Å². The molecule has 0 saturated carbocycles. The van der Waals surface area contributed by atoms with Crippen molar-refractivity contribution in [2.45, 2.75) is 45.2 Å². The Balaban J connectivity index is 1.51. The van der Waals surface area contributed by atoms with Crippen LogP contribution in [-0.2, 0) is 11.3 Å². The second kappa shape index (κ2) is 7.35. The fraction of sp³-hybridized carbons (Fsp3) is 0.647. The second-order valence-electron chi connectivity index (χ2n) is 7.00. The van der Waals surface area contributed by atoms with Gasteiger partial charge in [0.25, 0.3) is 5.91 Å². The number of carbonyl (C=O) groups excluding carboxylic acids is 2. The number of nitrogens with one attached hydrogen (secondary N) is 3. The first-order chi connectivity index (χ1) is 12.0. The minimum Gasteiger partial charge on any atom is -0.354 e. The number of amides is 3. The van der Waals surface area contributed by atoms with Crippen molar-refractivity contribution in [2.24, 2.45) is 5.92 Å². The molecule has 2 fully saturated rings. The highest BCUT2D eigenvalue weighted by molar-refractivity contribution is 6.06. The fourth-order valence-electron chi connectivity index (χ4n) is 3.54. The number of likely N-dealkylation sites (tertiary alicyclic amines) is 1. The van der Waals surface area contributed by atoms with Gasteiger partial charge in [-0.25, -0.2) is 14.8 Å². The SMILES string of the molecule is CCCNc1ncc(CN2CCC([C@]3(C)NC(=O)NC3=O)CC2)cn1. The number of imide groups is 1. The summed E-state index contributed by atoms with van der Waals surface area (Å²) in [5.74, 6) is 0.617. The van der Waals surface area contributed by atoms with E-state index in [2.05, 4.69) is 37.7 Å². The number of carbonyl (C=O) groups is 2. The van der Waals surface area contributed by atoms with Crippen molar-refractivity contribution in [3.05, 3.63) is 18.0 Å². The Labute approximate surface area is 147 Å². The number of rotatable bonds is 6. The predicted molar refractivity (Wildman–Crippen MR) is 93.9 cm³/mol. The van der Waals surface area contributed by atoms with Crippen molar-refractivity contribution in [3.8, 4) is 0 Å². The molecule has 0 bridgehead atoms. The van der Waals surface area contributed by atoms with Gasteiger partial charge in [-0.05, 0) is 45.2 Å². The minimum atomic E-state index is -0.779. The van der Waals surface area contributed by atoms with Crippen LogP contribution in [0.5, 0.6) is 0 Å². The van der Waals surface area contributed by atoms with E-state index in [4.69, 9.17) is 0 Å². The van der Waals surface area contributed by atoms with Crippen molar-refractivity contribution in [1.29, 1.82) is 0 Å². The van der Waals surface area contributed by atoms with Gasteiger partial charge in [-0.3, -0.25) is 15.0 Å². The summed E-state index contributed by atoms with van der Waals surface area (Å²) in [4.78, 5) is 34.5. The van der Waals surface area contributed by atoms with Gasteiger partial charge in [-0.15, -0.1) is 0 Å². The lowest BCUT2D eigenvalue weighted by Gasteiger charge is -2.38. The van der Waals surface area contributed by atoms with Gasteiger partial charge in [0.1, 0.15) is 5.54 Å². The van der Waals surface area contributed by atoms with Gasteiger partial charge in [0.2, 0.25) is 5.95 Å². The Hall–Kier alpha value is -2.22. The van der Waals surface area contributed by atoms with E-state index in [1.165, 1.54) is 0 Å². The number of piperidine rings is 1. The minimum absolute atomic E-state index is 0.159. The summed E-state index contributed by atoms with van der Waals surface area (Å²) in [7, 11) is 0. The van der Waals surface area contributed by atoms with Gasteiger partial charge in [-0.2, -0.15) is 0 Å². The molecule has 2 saturated heterocycles. The summed E-state index contributed by atoms with van der Waals surface area (Å²) in [6.45, 7) is 7.37. The van der Waals surface area contributed by atoms with E-state index in [1.54, 1.807) is 0 Å². The van der Waals surface area contributed by atoms with Crippen molar-refractivity contribution in [2.75, 3.05) is 25.0 Å². The molecule has 0 spiro atoms. The topological polar surface area (TPSA) is 99.3 Å². The first-order valence-corrected chi connectivity index (χ1v) is 8.92. The van der Waals surface area contributed by atoms with Crippen LogP contribution >= 0.6 is 0 Å². The molecule has 25 heavy (non-hydrogen) atoms. The van der Waals surface area contributed by atoms with E-state index in [0.717, 1.165) is 51.0 Å². The molecule has 3 amide bonds. The first kappa shape index (κ1) is 17.6. The van der Waals surface area contributed by atoms with E-state index >= 15 is 0 Å². The molecule has 1 aromatic rings. The van der Waals surface area contributed by atoms with Gasteiger partial charge in [0.05, 0.1) is 0 Å². The number of hydrogen-bond acceptors (Lipinski definition) is 6. The smallest absolute Gasteiger partial charge is 0.322 e. The molecule has 3 heterocycles. The molecule has 0 unspecified atom stereocenters. The maximum atomic E-state index is 12.1. The molecule has 136 valence electrons. The fourth-order valence-corrected chi connectivity index (χ4v) is 3.54. The van der Waals surface area contributed by atoms with E-state index in [0.29, 0.717) is 5.95 Å². The third-order valence-corrected chi connectivity index (χ3v) is 5.12. The van der Waals surface area contributed by atoms with Crippen LogP contribution < -0.4 is 16.0 Å². The standard InChI is InChI=1S/C17H26N6O2/c1-3-6-18-15-19-9-12(10-20-15)11-23-7-4-13(5-8-23)17(2)14(24)21-16(25)22-17/h9-10,13H,3-8,11H2,1-2H3,(H,18,19,20)(H2,21,22,24,25)/t17-/m0/s1. The summed E-state index contributed by atoms with van der Waals surface area (Å²) in [5.41, 5.74) is 0.303. The molecule has 0 aliphatic carbocycles. The predicted octanol–water partition coefficient (Wildman–Crippen LogP) is 1.11. The molecular weight excluding hydrogens is 320 g/mol. The Bertz CT molecular complexity index is 627. The van der Waals surface area contributed by atoms with E-state index < -0.39 is 5.54 Å². The normalized spacial score (nSPS) is 24.9. The molecule has 2 aliphatic heterocycles. The number of aromatic nitrogens is 2. The van der Waals surface area contributed by atoms with Crippen LogP contribution in [0.2, 0.25) is 0 Å². The van der Waals surface area contributed by atoms with Crippen LogP contribution in [0.25, 0.3) is 0 Å². The van der Waals surface area contributed by atoms with Crippen LogP contribution in [-0.4, -0.2) is 52.0 Å². The number of anilines is 1. The molecule has 0 aromatic carbocycles. The molecule has 8 heteroatoms. The summed E-state index contributed by atoms with van der Waals surface area (Å²) >= 11 is 0. The first-order valence-electron chi connectivity index (χ1n) is 8.92. The maximum absolute atomic E-state index is 12.1.